The lowest BCUT2D eigenvalue weighted by molar-refractivity contribution is -0.138. The summed E-state index contributed by atoms with van der Waals surface area (Å²) in [5, 5.41) is 47.9. The van der Waals surface area contributed by atoms with Crippen LogP contribution in [0.4, 0.5) is 11.4 Å². The zero-order valence-corrected chi connectivity index (χ0v) is 25.0. The highest BCUT2D eigenvalue weighted by Gasteiger charge is 2.24. The zero-order valence-electron chi connectivity index (χ0n) is 25.0. The highest BCUT2D eigenvalue weighted by atomic mass is 16.5. The summed E-state index contributed by atoms with van der Waals surface area (Å²) in [5.74, 6) is -5.85. The Bertz CT molecular complexity index is 1800. The number of aryl methyl sites for hydroxylation is 1. The Morgan fingerprint density at radius 2 is 1.28 bits per heavy atom. The Kier molecular flexibility index (Phi) is 10.5. The highest BCUT2D eigenvalue weighted by molar-refractivity contribution is 5.97. The number of para-hydroxylation sites is 1. The second kappa shape index (κ2) is 14.7. The molecule has 0 aliphatic carbocycles. The number of anilines is 2. The first-order valence-corrected chi connectivity index (χ1v) is 14.0. The first kappa shape index (κ1) is 33.6. The number of H-pyrrole nitrogens is 1. The van der Waals surface area contributed by atoms with Crippen LogP contribution in [0.15, 0.2) is 60.7 Å². The van der Waals surface area contributed by atoms with Crippen LogP contribution in [0.3, 0.4) is 0 Å². The Morgan fingerprint density at radius 1 is 0.681 bits per heavy atom. The number of rotatable bonds is 17. The molecule has 0 unspecified atom stereocenters. The lowest BCUT2D eigenvalue weighted by Crippen LogP contribution is -2.35. The van der Waals surface area contributed by atoms with Gasteiger partial charge in [-0.3, -0.25) is 19.2 Å². The lowest BCUT2D eigenvalue weighted by Gasteiger charge is -2.26. The van der Waals surface area contributed by atoms with Crippen molar-refractivity contribution in [3.8, 4) is 22.8 Å². The van der Waals surface area contributed by atoms with Gasteiger partial charge in [0.05, 0.1) is 16.9 Å². The molecule has 15 nitrogen and oxygen atoms in total. The largest absolute Gasteiger partial charge is 0.488 e. The minimum atomic E-state index is -1.29. The molecule has 0 atom stereocenters. The summed E-state index contributed by atoms with van der Waals surface area (Å²) in [6.07, 6.45) is 0. The minimum Gasteiger partial charge on any atom is -0.488 e. The van der Waals surface area contributed by atoms with Crippen LogP contribution in [-0.4, -0.2) is 99.8 Å². The number of aromatic carboxylic acids is 1. The average Bonchev–Trinajstić information content (AvgIpc) is 3.41. The SMILES string of the molecule is Cc1ccc(N(CC(=O)O)CC(=O)O)c(OCCOc2cccc(-c3cc4ccc(C(=O)O)cc4[nH]3)c2N(CC(=O)O)CC(=O)O)c1. The molecule has 4 aromatic rings. The number of fused-ring (bicyclic) bond motifs is 1. The number of ether oxygens (including phenoxy) is 2. The molecule has 1 aromatic heterocycles. The predicted molar refractivity (Wildman–Crippen MR) is 168 cm³/mol. The highest BCUT2D eigenvalue weighted by Crippen LogP contribution is 2.40. The zero-order chi connectivity index (χ0) is 34.2. The Morgan fingerprint density at radius 3 is 1.87 bits per heavy atom. The second-order valence-corrected chi connectivity index (χ2v) is 10.4. The van der Waals surface area contributed by atoms with E-state index in [9.17, 15) is 49.5 Å². The van der Waals surface area contributed by atoms with Gasteiger partial charge in [0.2, 0.25) is 0 Å². The van der Waals surface area contributed by atoms with Crippen LogP contribution in [0.2, 0.25) is 0 Å². The van der Waals surface area contributed by atoms with E-state index in [1.54, 1.807) is 49.4 Å². The third kappa shape index (κ3) is 8.69. The maximum Gasteiger partial charge on any atom is 0.335 e. The fourth-order valence-electron chi connectivity index (χ4n) is 4.98. The van der Waals surface area contributed by atoms with Crippen LogP contribution >= 0.6 is 0 Å². The summed E-state index contributed by atoms with van der Waals surface area (Å²) >= 11 is 0. The molecular formula is C32H31N3O12. The van der Waals surface area contributed by atoms with E-state index >= 15 is 0 Å². The summed E-state index contributed by atoms with van der Waals surface area (Å²) in [7, 11) is 0. The van der Waals surface area contributed by atoms with Gasteiger partial charge in [-0.1, -0.05) is 24.3 Å². The van der Waals surface area contributed by atoms with E-state index < -0.39 is 56.0 Å². The molecule has 4 rings (SSSR count). The maximum absolute atomic E-state index is 11.8. The quantitative estimate of drug-likeness (QED) is 0.0903. The van der Waals surface area contributed by atoms with Crippen molar-refractivity contribution in [1.82, 2.24) is 4.98 Å². The monoisotopic (exact) mass is 649 g/mol. The van der Waals surface area contributed by atoms with E-state index in [4.69, 9.17) is 9.47 Å². The smallest absolute Gasteiger partial charge is 0.335 e. The first-order valence-electron chi connectivity index (χ1n) is 14.0. The third-order valence-electron chi connectivity index (χ3n) is 6.83. The number of carboxylic acid groups (broad SMARTS) is 5. The van der Waals surface area contributed by atoms with Crippen LogP contribution in [0, 0.1) is 6.92 Å². The molecule has 0 saturated heterocycles. The lowest BCUT2D eigenvalue weighted by atomic mass is 10.1. The topological polar surface area (TPSA) is 227 Å². The van der Waals surface area contributed by atoms with Crippen LogP contribution in [-0.2, 0) is 19.2 Å². The first-order chi connectivity index (χ1) is 22.3. The maximum atomic E-state index is 11.8. The van der Waals surface area contributed by atoms with E-state index in [0.717, 1.165) is 15.4 Å². The molecule has 47 heavy (non-hydrogen) atoms. The molecule has 15 heteroatoms. The number of carbonyl (C=O) groups is 5. The number of nitrogens with zero attached hydrogens (tertiary/aromatic N) is 2. The Balaban J connectivity index is 1.67. The fraction of sp³-hybridized carbons (Fsp3) is 0.219. The molecule has 0 saturated carbocycles. The Labute approximate surface area is 266 Å². The fourth-order valence-corrected chi connectivity index (χ4v) is 4.98. The number of nitrogens with one attached hydrogen (secondary N) is 1. The molecule has 0 bridgehead atoms. The van der Waals surface area contributed by atoms with Gasteiger partial charge >= 0.3 is 29.8 Å². The molecule has 0 spiro atoms. The van der Waals surface area contributed by atoms with Gasteiger partial charge in [-0.15, -0.1) is 0 Å². The summed E-state index contributed by atoms with van der Waals surface area (Å²) in [4.78, 5) is 63.3. The van der Waals surface area contributed by atoms with Gasteiger partial charge in [-0.2, -0.15) is 0 Å². The number of aromatic nitrogens is 1. The normalized spacial score (nSPS) is 10.7. The number of hydrogen-bond donors (Lipinski definition) is 6. The van der Waals surface area contributed by atoms with Crippen molar-refractivity contribution in [2.45, 2.75) is 6.92 Å². The third-order valence-corrected chi connectivity index (χ3v) is 6.83. The van der Waals surface area contributed by atoms with Gasteiger partial charge in [0.15, 0.2) is 0 Å². The summed E-state index contributed by atoms with van der Waals surface area (Å²) < 4.78 is 11.9. The standard InChI is InChI=1S/C32H31N3O12/c1-18-5-8-24(34(14-27(36)37)15-28(38)39)26(11-18)47-10-9-46-25-4-2-3-21(31(25)35(16-29(40)41)17-30(42)43)23-12-19-6-7-20(32(44)45)13-22(19)33-23/h2-8,11-13,33H,9-10,14-17H2,1H3,(H,36,37)(H,38,39)(H,40,41)(H,42,43)(H,44,45). The molecule has 0 aliphatic heterocycles. The van der Waals surface area contributed by atoms with E-state index in [1.807, 2.05) is 0 Å². The van der Waals surface area contributed by atoms with Gasteiger partial charge in [0.25, 0.3) is 0 Å². The van der Waals surface area contributed by atoms with Crippen molar-refractivity contribution in [2.75, 3.05) is 49.2 Å². The molecule has 0 fully saturated rings. The van der Waals surface area contributed by atoms with Gasteiger partial charge in [-0.25, -0.2) is 4.79 Å². The van der Waals surface area contributed by atoms with Crippen molar-refractivity contribution in [3.05, 3.63) is 71.8 Å². The molecule has 246 valence electrons. The molecular weight excluding hydrogens is 618 g/mol. The van der Waals surface area contributed by atoms with Crippen molar-refractivity contribution < 1.29 is 59.0 Å². The minimum absolute atomic E-state index is 0.0485. The van der Waals surface area contributed by atoms with Crippen LogP contribution < -0.4 is 19.3 Å². The van der Waals surface area contributed by atoms with Gasteiger partial charge in [-0.05, 0) is 48.9 Å². The molecule has 0 amide bonds. The van der Waals surface area contributed by atoms with Crippen molar-refractivity contribution in [1.29, 1.82) is 0 Å². The van der Waals surface area contributed by atoms with Crippen molar-refractivity contribution >= 4 is 52.1 Å². The van der Waals surface area contributed by atoms with Crippen molar-refractivity contribution in [3.63, 3.8) is 0 Å². The van der Waals surface area contributed by atoms with E-state index in [-0.39, 0.29) is 41.7 Å². The molecule has 0 aliphatic rings. The second-order valence-electron chi connectivity index (χ2n) is 10.4. The van der Waals surface area contributed by atoms with Gasteiger partial charge < -0.3 is 49.8 Å². The summed E-state index contributed by atoms with van der Waals surface area (Å²) in [6.45, 7) is -1.03. The van der Waals surface area contributed by atoms with E-state index in [2.05, 4.69) is 4.98 Å². The molecule has 1 heterocycles. The summed E-state index contributed by atoms with van der Waals surface area (Å²) in [5.41, 5.74) is 2.51. The summed E-state index contributed by atoms with van der Waals surface area (Å²) in [6, 6.07) is 15.8. The van der Waals surface area contributed by atoms with Crippen molar-refractivity contribution in [2.24, 2.45) is 0 Å². The number of aliphatic carboxylic acids is 4. The van der Waals surface area contributed by atoms with Gasteiger partial charge in [0, 0.05) is 22.2 Å². The van der Waals surface area contributed by atoms with E-state index in [0.29, 0.717) is 22.2 Å². The predicted octanol–water partition coefficient (Wildman–Crippen LogP) is 3.25. The molecule has 6 N–H and O–H groups in total. The average molecular weight is 650 g/mol. The van der Waals surface area contributed by atoms with E-state index in [1.165, 1.54) is 18.2 Å². The number of hydrogen-bond acceptors (Lipinski definition) is 9. The number of benzene rings is 3. The molecule has 3 aromatic carbocycles. The van der Waals surface area contributed by atoms with Crippen LogP contribution in [0.5, 0.6) is 11.5 Å². The van der Waals surface area contributed by atoms with Crippen LogP contribution in [0.1, 0.15) is 15.9 Å². The molecule has 0 radical (unpaired) electrons. The van der Waals surface area contributed by atoms with Gasteiger partial charge in [0.1, 0.15) is 50.9 Å². The number of carboxylic acids is 5. The van der Waals surface area contributed by atoms with Crippen LogP contribution in [0.25, 0.3) is 22.2 Å². The Hall–Kier alpha value is -6.25. The number of aromatic amines is 1.